The second-order valence-electron chi connectivity index (χ2n) is 1.21. The first-order valence-corrected chi connectivity index (χ1v) is 3.23. The largest absolute Gasteiger partial charge is 0.478 e. The molecule has 0 rings (SSSR count). The summed E-state index contributed by atoms with van der Waals surface area (Å²) in [6, 6.07) is 0. The van der Waals surface area contributed by atoms with Crippen LogP contribution >= 0.6 is 0 Å². The molecule has 8 heteroatoms. The number of aliphatic hydroxyl groups is 1. The van der Waals surface area contributed by atoms with Gasteiger partial charge in [0.2, 0.25) is 0 Å². The minimum absolute atomic E-state index is 0. The SMILES string of the molecule is O=C(O)C(O)S(=O)(=O)O.[Zn]. The van der Waals surface area contributed by atoms with Crippen LogP contribution in [0.4, 0.5) is 0 Å². The van der Waals surface area contributed by atoms with Gasteiger partial charge in [0.1, 0.15) is 0 Å². The van der Waals surface area contributed by atoms with E-state index in [-0.39, 0.29) is 19.5 Å². The minimum Gasteiger partial charge on any atom is -0.478 e. The van der Waals surface area contributed by atoms with Crippen molar-refractivity contribution in [2.24, 2.45) is 0 Å². The molecule has 0 spiro atoms. The maximum absolute atomic E-state index is 9.70. The van der Waals surface area contributed by atoms with Crippen molar-refractivity contribution in [3.8, 4) is 0 Å². The van der Waals surface area contributed by atoms with E-state index in [1.807, 2.05) is 0 Å². The summed E-state index contributed by atoms with van der Waals surface area (Å²) in [7, 11) is -4.85. The number of carboxylic acid groups (broad SMARTS) is 1. The molecule has 0 aliphatic heterocycles. The van der Waals surface area contributed by atoms with E-state index in [1.165, 1.54) is 0 Å². The van der Waals surface area contributed by atoms with Crippen molar-refractivity contribution < 1.29 is 47.5 Å². The molecule has 0 aromatic rings. The first-order valence-electron chi connectivity index (χ1n) is 1.73. The Morgan fingerprint density at radius 1 is 1.40 bits per heavy atom. The molecule has 1 atom stereocenters. The van der Waals surface area contributed by atoms with E-state index in [1.54, 1.807) is 0 Å². The van der Waals surface area contributed by atoms with E-state index in [2.05, 4.69) is 0 Å². The van der Waals surface area contributed by atoms with Crippen LogP contribution in [-0.4, -0.2) is 34.6 Å². The van der Waals surface area contributed by atoms with Gasteiger partial charge in [0.15, 0.2) is 0 Å². The van der Waals surface area contributed by atoms with E-state index < -0.39 is 21.5 Å². The fourth-order valence-electron chi connectivity index (χ4n) is 0.127. The van der Waals surface area contributed by atoms with Gasteiger partial charge in [-0.1, -0.05) is 0 Å². The first kappa shape index (κ1) is 12.6. The van der Waals surface area contributed by atoms with Crippen LogP contribution in [0, 0.1) is 0 Å². The number of aliphatic hydroxyl groups excluding tert-OH is 1. The van der Waals surface area contributed by atoms with Crippen molar-refractivity contribution in [2.75, 3.05) is 0 Å². The number of hydrogen-bond donors (Lipinski definition) is 3. The first-order chi connectivity index (χ1) is 3.85. The van der Waals surface area contributed by atoms with Crippen molar-refractivity contribution in [3.63, 3.8) is 0 Å². The van der Waals surface area contributed by atoms with Crippen LogP contribution in [0.15, 0.2) is 0 Å². The van der Waals surface area contributed by atoms with Crippen molar-refractivity contribution >= 4 is 16.1 Å². The number of hydrogen-bond acceptors (Lipinski definition) is 4. The van der Waals surface area contributed by atoms with Gasteiger partial charge in [-0.3, -0.25) is 4.55 Å². The fraction of sp³-hybridized carbons (Fsp3) is 0.500. The van der Waals surface area contributed by atoms with Crippen LogP contribution in [0.25, 0.3) is 0 Å². The summed E-state index contributed by atoms with van der Waals surface area (Å²) in [5.74, 6) is -2.00. The molecule has 10 heavy (non-hydrogen) atoms. The Kier molecular flexibility index (Phi) is 5.01. The average molecular weight is 222 g/mol. The van der Waals surface area contributed by atoms with Gasteiger partial charge in [-0.05, 0) is 0 Å². The van der Waals surface area contributed by atoms with Crippen LogP contribution in [0.2, 0.25) is 0 Å². The number of carbonyl (C=O) groups is 1. The van der Waals surface area contributed by atoms with Crippen molar-refractivity contribution in [1.82, 2.24) is 0 Å². The van der Waals surface area contributed by atoms with E-state index in [4.69, 9.17) is 14.8 Å². The third-order valence-corrected chi connectivity index (χ3v) is 1.26. The Hall–Kier alpha value is -0.0366. The molecule has 0 saturated carbocycles. The monoisotopic (exact) mass is 220 g/mol. The van der Waals surface area contributed by atoms with E-state index in [9.17, 15) is 13.2 Å². The quantitative estimate of drug-likeness (QED) is 0.378. The number of carboxylic acids is 1. The molecule has 0 radical (unpaired) electrons. The van der Waals surface area contributed by atoms with Gasteiger partial charge in [-0.25, -0.2) is 4.79 Å². The summed E-state index contributed by atoms with van der Waals surface area (Å²) >= 11 is 0. The van der Waals surface area contributed by atoms with Gasteiger partial charge in [0, 0.05) is 19.5 Å². The Bertz CT molecular complexity index is 206. The molecule has 3 N–H and O–H groups in total. The number of rotatable bonds is 2. The zero-order valence-electron chi connectivity index (χ0n) is 4.76. The smallest absolute Gasteiger partial charge is 0.351 e. The molecule has 0 aromatic heterocycles. The Labute approximate surface area is 69.4 Å². The van der Waals surface area contributed by atoms with Crippen molar-refractivity contribution in [3.05, 3.63) is 0 Å². The molecular weight excluding hydrogens is 217 g/mol. The van der Waals surface area contributed by atoms with Crippen LogP contribution in [0.3, 0.4) is 0 Å². The van der Waals surface area contributed by atoms with Crippen LogP contribution in [0.1, 0.15) is 0 Å². The van der Waals surface area contributed by atoms with Crippen LogP contribution in [0.5, 0.6) is 0 Å². The van der Waals surface area contributed by atoms with Crippen LogP contribution < -0.4 is 0 Å². The molecule has 0 aliphatic carbocycles. The summed E-state index contributed by atoms with van der Waals surface area (Å²) in [5.41, 5.74) is -2.74. The predicted octanol–water partition coefficient (Wildman–Crippen LogP) is -1.73. The summed E-state index contributed by atoms with van der Waals surface area (Å²) < 4.78 is 27.2. The van der Waals surface area contributed by atoms with Gasteiger partial charge in [-0.15, -0.1) is 0 Å². The predicted molar refractivity (Wildman–Crippen MR) is 25.2 cm³/mol. The Morgan fingerprint density at radius 3 is 1.70 bits per heavy atom. The molecule has 0 fully saturated rings. The van der Waals surface area contributed by atoms with E-state index in [0.717, 1.165) is 0 Å². The molecule has 0 aromatic carbocycles. The molecule has 0 amide bonds. The second kappa shape index (κ2) is 3.97. The van der Waals surface area contributed by atoms with E-state index in [0.29, 0.717) is 0 Å². The van der Waals surface area contributed by atoms with Crippen molar-refractivity contribution in [1.29, 1.82) is 0 Å². The Balaban J connectivity index is 0. The summed E-state index contributed by atoms with van der Waals surface area (Å²) in [6.07, 6.45) is 0. The molecule has 0 aliphatic rings. The topological polar surface area (TPSA) is 112 Å². The zero-order chi connectivity index (χ0) is 7.65. The summed E-state index contributed by atoms with van der Waals surface area (Å²) in [5, 5.41) is 15.8. The van der Waals surface area contributed by atoms with Gasteiger partial charge >= 0.3 is 16.1 Å². The van der Waals surface area contributed by atoms with Gasteiger partial charge in [-0.2, -0.15) is 8.42 Å². The summed E-state index contributed by atoms with van der Waals surface area (Å²) in [6.45, 7) is 0. The molecular formula is C2H4O6SZn. The Morgan fingerprint density at radius 2 is 1.70 bits per heavy atom. The van der Waals surface area contributed by atoms with Crippen molar-refractivity contribution in [2.45, 2.75) is 5.44 Å². The van der Waals surface area contributed by atoms with Gasteiger partial charge < -0.3 is 10.2 Å². The second-order valence-corrected chi connectivity index (χ2v) is 2.68. The standard InChI is InChI=1S/C2H4O6S.Zn/c3-1(4)2(5)9(6,7)8;/h2,5H,(H,3,4)(H,6,7,8);. The summed E-state index contributed by atoms with van der Waals surface area (Å²) in [4.78, 5) is 9.56. The fourth-order valence-corrected chi connectivity index (χ4v) is 0.382. The maximum atomic E-state index is 9.70. The van der Waals surface area contributed by atoms with Gasteiger partial charge in [0.05, 0.1) is 0 Å². The normalized spacial score (nSPS) is 13.4. The molecule has 1 unspecified atom stereocenters. The zero-order valence-corrected chi connectivity index (χ0v) is 8.54. The molecule has 56 valence electrons. The third-order valence-electron chi connectivity index (χ3n) is 0.493. The maximum Gasteiger partial charge on any atom is 0.351 e. The van der Waals surface area contributed by atoms with E-state index >= 15 is 0 Å². The van der Waals surface area contributed by atoms with Gasteiger partial charge in [0.25, 0.3) is 5.44 Å². The molecule has 0 bridgehead atoms. The minimum atomic E-state index is -4.85. The van der Waals surface area contributed by atoms with Crippen LogP contribution in [-0.2, 0) is 34.4 Å². The number of aliphatic carboxylic acids is 1. The molecule has 6 nitrogen and oxygen atoms in total. The third kappa shape index (κ3) is 3.89. The molecule has 0 saturated heterocycles. The molecule has 0 heterocycles. The average Bonchev–Trinajstić information content (AvgIpc) is 1.62.